The summed E-state index contributed by atoms with van der Waals surface area (Å²) in [6.45, 7) is 6.48. The van der Waals surface area contributed by atoms with Crippen molar-refractivity contribution < 1.29 is 22.7 Å². The van der Waals surface area contributed by atoms with Crippen LogP contribution in [-0.4, -0.2) is 88.1 Å². The van der Waals surface area contributed by atoms with Gasteiger partial charge in [0.2, 0.25) is 0 Å². The van der Waals surface area contributed by atoms with Gasteiger partial charge >= 0.3 is 0 Å². The fourth-order valence-electron chi connectivity index (χ4n) is 5.56. The van der Waals surface area contributed by atoms with Gasteiger partial charge in [-0.15, -0.1) is 0 Å². The zero-order valence-electron chi connectivity index (χ0n) is 26.0. The standard InChI is InChI=1S/C33H39N5O5S2/c1-23-19-37(13-14-42-2)12-9-28(23)36-33(39)27-16-24(17-30-32(27)35-22-38(30)20-25-10-15-44-21-25)6-5-11-34-29-8-7-26(45(4,40)41)18-31(29)43-3/h7-8,10,15-18,21-23,28,34H,9,11-14,19-20H2,1-4H3,(H,36,39)/t23-,28-/m0/s1. The van der Waals surface area contributed by atoms with Crippen LogP contribution in [0.1, 0.15) is 34.8 Å². The number of benzene rings is 2. The van der Waals surface area contributed by atoms with E-state index in [1.54, 1.807) is 30.8 Å². The molecule has 0 aliphatic carbocycles. The number of amides is 1. The number of piperidine rings is 1. The number of thiophene rings is 1. The summed E-state index contributed by atoms with van der Waals surface area (Å²) in [4.78, 5) is 21.0. The predicted octanol–water partition coefficient (Wildman–Crippen LogP) is 4.11. The number of aromatic nitrogens is 2. The van der Waals surface area contributed by atoms with Crippen molar-refractivity contribution >= 4 is 43.8 Å². The highest BCUT2D eigenvalue weighted by Crippen LogP contribution is 2.28. The van der Waals surface area contributed by atoms with Crippen LogP contribution in [0, 0.1) is 17.8 Å². The Kier molecular flexibility index (Phi) is 10.5. The Morgan fingerprint density at radius 2 is 2.04 bits per heavy atom. The minimum Gasteiger partial charge on any atom is -0.495 e. The first kappa shape index (κ1) is 32.5. The molecule has 4 aromatic rings. The van der Waals surface area contributed by atoms with Crippen LogP contribution < -0.4 is 15.4 Å². The lowest BCUT2D eigenvalue weighted by Crippen LogP contribution is -2.50. The molecule has 0 radical (unpaired) electrons. The molecule has 12 heteroatoms. The van der Waals surface area contributed by atoms with Crippen molar-refractivity contribution in [2.45, 2.75) is 30.8 Å². The molecule has 238 valence electrons. The van der Waals surface area contributed by atoms with E-state index in [1.165, 1.54) is 19.2 Å². The van der Waals surface area contributed by atoms with Crippen LogP contribution in [0.25, 0.3) is 11.0 Å². The maximum absolute atomic E-state index is 13.8. The highest BCUT2D eigenvalue weighted by Gasteiger charge is 2.28. The molecule has 0 unspecified atom stereocenters. The van der Waals surface area contributed by atoms with E-state index in [9.17, 15) is 13.2 Å². The first-order valence-electron chi connectivity index (χ1n) is 14.8. The lowest BCUT2D eigenvalue weighted by Gasteiger charge is -2.37. The van der Waals surface area contributed by atoms with Gasteiger partial charge in [-0.2, -0.15) is 11.3 Å². The Hall–Kier alpha value is -3.89. The second-order valence-electron chi connectivity index (χ2n) is 11.3. The van der Waals surface area contributed by atoms with Gasteiger partial charge in [-0.1, -0.05) is 18.8 Å². The molecule has 1 fully saturated rings. The fourth-order valence-corrected chi connectivity index (χ4v) is 6.86. The molecule has 1 amide bonds. The SMILES string of the molecule is COCCN1CC[C@H](NC(=O)c2cc(C#CCNc3ccc(S(C)(=O)=O)cc3OC)cc3c2ncn3Cc2ccsc2)[C@@H](C)C1. The molecule has 0 bridgehead atoms. The number of hydrogen-bond acceptors (Lipinski definition) is 9. The third-order valence-corrected chi connectivity index (χ3v) is 9.86. The number of sulfone groups is 1. The van der Waals surface area contributed by atoms with Crippen LogP contribution in [0.3, 0.4) is 0 Å². The topological polar surface area (TPSA) is 115 Å². The average Bonchev–Trinajstić information content (AvgIpc) is 3.69. The van der Waals surface area contributed by atoms with Gasteiger partial charge in [0.1, 0.15) is 11.3 Å². The summed E-state index contributed by atoms with van der Waals surface area (Å²) >= 11 is 1.64. The number of hydrogen-bond donors (Lipinski definition) is 2. The molecule has 0 saturated carbocycles. The maximum Gasteiger partial charge on any atom is 0.253 e. The molecule has 3 heterocycles. The van der Waals surface area contributed by atoms with Gasteiger partial charge in [0, 0.05) is 57.2 Å². The molecule has 2 aromatic carbocycles. The lowest BCUT2D eigenvalue weighted by molar-refractivity contribution is 0.0815. The number of imidazole rings is 1. The first-order valence-corrected chi connectivity index (χ1v) is 17.6. The Balaban J connectivity index is 1.38. The molecule has 1 aliphatic heterocycles. The molecule has 1 aliphatic rings. The van der Waals surface area contributed by atoms with Crippen LogP contribution in [0.15, 0.2) is 58.4 Å². The van der Waals surface area contributed by atoms with E-state index in [2.05, 4.69) is 50.7 Å². The smallest absolute Gasteiger partial charge is 0.253 e. The van der Waals surface area contributed by atoms with Crippen molar-refractivity contribution in [3.63, 3.8) is 0 Å². The number of ether oxygens (including phenoxy) is 2. The molecule has 10 nitrogen and oxygen atoms in total. The van der Waals surface area contributed by atoms with E-state index in [-0.39, 0.29) is 23.4 Å². The second-order valence-corrected chi connectivity index (χ2v) is 14.1. The van der Waals surface area contributed by atoms with Crippen LogP contribution in [0.5, 0.6) is 5.75 Å². The van der Waals surface area contributed by atoms with Crippen molar-refractivity contribution in [3.05, 3.63) is 70.2 Å². The average molecular weight is 650 g/mol. The third-order valence-electron chi connectivity index (χ3n) is 8.02. The summed E-state index contributed by atoms with van der Waals surface area (Å²) in [6.07, 6.45) is 3.80. The van der Waals surface area contributed by atoms with Crippen molar-refractivity contribution in [1.29, 1.82) is 0 Å². The summed E-state index contributed by atoms with van der Waals surface area (Å²) in [5, 5.41) is 10.6. The molecular weight excluding hydrogens is 611 g/mol. The van der Waals surface area contributed by atoms with Gasteiger partial charge < -0.3 is 29.6 Å². The highest BCUT2D eigenvalue weighted by atomic mass is 32.2. The molecule has 2 aromatic heterocycles. The minimum absolute atomic E-state index is 0.0576. The molecular formula is C33H39N5O5S2. The number of nitrogens with zero attached hydrogens (tertiary/aromatic N) is 3. The van der Waals surface area contributed by atoms with Gasteiger partial charge in [0.05, 0.1) is 48.3 Å². The second kappa shape index (κ2) is 14.5. The molecule has 5 rings (SSSR count). The normalized spacial score (nSPS) is 17.1. The molecule has 2 N–H and O–H groups in total. The number of likely N-dealkylation sites (tertiary alicyclic amines) is 1. The number of fused-ring (bicyclic) bond motifs is 1. The Labute approximate surface area is 268 Å². The Bertz CT molecular complexity index is 1810. The quantitative estimate of drug-likeness (QED) is 0.234. The number of anilines is 1. The van der Waals surface area contributed by atoms with E-state index >= 15 is 0 Å². The summed E-state index contributed by atoms with van der Waals surface area (Å²) < 4.78 is 36.5. The molecule has 1 saturated heterocycles. The van der Waals surface area contributed by atoms with Gasteiger partial charge in [0.25, 0.3) is 5.91 Å². The molecule has 45 heavy (non-hydrogen) atoms. The Morgan fingerprint density at radius 3 is 2.76 bits per heavy atom. The first-order chi connectivity index (χ1) is 21.7. The van der Waals surface area contributed by atoms with Crippen LogP contribution in [0.2, 0.25) is 0 Å². The summed E-state index contributed by atoms with van der Waals surface area (Å²) in [6, 6.07) is 10.6. The zero-order valence-corrected chi connectivity index (χ0v) is 27.6. The molecule has 2 atom stereocenters. The van der Waals surface area contributed by atoms with Crippen molar-refractivity contribution in [3.8, 4) is 17.6 Å². The number of methoxy groups -OCH3 is 2. The lowest BCUT2D eigenvalue weighted by atomic mass is 9.93. The van der Waals surface area contributed by atoms with E-state index in [1.807, 2.05) is 22.1 Å². The Morgan fingerprint density at radius 1 is 1.20 bits per heavy atom. The number of carbonyl (C=O) groups is 1. The molecule has 0 spiro atoms. The number of rotatable bonds is 11. The fraction of sp³-hybridized carbons (Fsp3) is 0.394. The zero-order chi connectivity index (χ0) is 32.0. The number of carbonyl (C=O) groups excluding carboxylic acids is 1. The summed E-state index contributed by atoms with van der Waals surface area (Å²) in [5.41, 5.74) is 4.48. The van der Waals surface area contributed by atoms with Crippen LogP contribution in [-0.2, 0) is 21.1 Å². The van der Waals surface area contributed by atoms with Crippen molar-refractivity contribution in [2.24, 2.45) is 5.92 Å². The monoisotopic (exact) mass is 649 g/mol. The van der Waals surface area contributed by atoms with Gasteiger partial charge in [-0.3, -0.25) is 4.79 Å². The highest BCUT2D eigenvalue weighted by molar-refractivity contribution is 7.90. The maximum atomic E-state index is 13.8. The number of nitrogens with one attached hydrogen (secondary N) is 2. The largest absolute Gasteiger partial charge is 0.495 e. The van der Waals surface area contributed by atoms with E-state index < -0.39 is 9.84 Å². The predicted molar refractivity (Wildman–Crippen MR) is 178 cm³/mol. The van der Waals surface area contributed by atoms with Crippen LogP contribution >= 0.6 is 11.3 Å². The summed E-state index contributed by atoms with van der Waals surface area (Å²) in [5.74, 6) is 6.89. The van der Waals surface area contributed by atoms with Gasteiger partial charge in [-0.05, 0) is 59.0 Å². The van der Waals surface area contributed by atoms with Crippen molar-refractivity contribution in [2.75, 3.05) is 58.6 Å². The van der Waals surface area contributed by atoms with E-state index in [0.29, 0.717) is 47.2 Å². The van der Waals surface area contributed by atoms with Crippen LogP contribution in [0.4, 0.5) is 5.69 Å². The summed E-state index contributed by atoms with van der Waals surface area (Å²) in [7, 11) is -0.153. The minimum atomic E-state index is -3.36. The van der Waals surface area contributed by atoms with Crippen molar-refractivity contribution in [1.82, 2.24) is 19.8 Å². The van der Waals surface area contributed by atoms with E-state index in [4.69, 9.17) is 9.47 Å². The van der Waals surface area contributed by atoms with Gasteiger partial charge in [-0.25, -0.2) is 13.4 Å². The van der Waals surface area contributed by atoms with E-state index in [0.717, 1.165) is 43.4 Å². The van der Waals surface area contributed by atoms with Gasteiger partial charge in [0.15, 0.2) is 9.84 Å². The third kappa shape index (κ3) is 8.04.